The second kappa shape index (κ2) is 5.82. The van der Waals surface area contributed by atoms with Gasteiger partial charge in [-0.05, 0) is 17.7 Å². The van der Waals surface area contributed by atoms with Gasteiger partial charge in [0.15, 0.2) is 0 Å². The molecule has 92 valence electrons. The van der Waals surface area contributed by atoms with E-state index in [4.69, 9.17) is 0 Å². The van der Waals surface area contributed by atoms with Crippen LogP contribution in [0, 0.1) is 0 Å². The van der Waals surface area contributed by atoms with Crippen LogP contribution in [0.2, 0.25) is 0 Å². The van der Waals surface area contributed by atoms with Gasteiger partial charge in [0.2, 0.25) is 0 Å². The first-order valence-corrected chi connectivity index (χ1v) is 5.69. The Morgan fingerprint density at radius 1 is 1.17 bits per heavy atom. The molecular formula is C14H14N2O2. The zero-order valence-electron chi connectivity index (χ0n) is 9.78. The number of carboxylic acids is 1. The number of benzene rings is 1. The lowest BCUT2D eigenvalue weighted by Gasteiger charge is -2.14. The van der Waals surface area contributed by atoms with Gasteiger partial charge in [0.05, 0.1) is 5.92 Å². The fourth-order valence-electron chi connectivity index (χ4n) is 1.72. The lowest BCUT2D eigenvalue weighted by Crippen LogP contribution is -2.20. The van der Waals surface area contributed by atoms with Crippen molar-refractivity contribution in [2.45, 2.75) is 5.92 Å². The average molecular weight is 242 g/mol. The standard InChI is InChI=1S/C14H14N2O2/c17-14(18)13(11-4-2-1-3-5-11)10-16-12-6-8-15-9-7-12/h1-9,13H,10H2,(H,15,16)(H,17,18). The van der Waals surface area contributed by atoms with E-state index in [2.05, 4.69) is 10.3 Å². The first-order chi connectivity index (χ1) is 8.77. The minimum atomic E-state index is -0.831. The summed E-state index contributed by atoms with van der Waals surface area (Å²) in [4.78, 5) is 15.2. The first-order valence-electron chi connectivity index (χ1n) is 5.69. The van der Waals surface area contributed by atoms with E-state index >= 15 is 0 Å². The SMILES string of the molecule is O=C(O)C(CNc1ccncc1)c1ccccc1. The molecule has 18 heavy (non-hydrogen) atoms. The zero-order valence-corrected chi connectivity index (χ0v) is 9.78. The van der Waals surface area contributed by atoms with Gasteiger partial charge in [-0.1, -0.05) is 30.3 Å². The number of carboxylic acid groups (broad SMARTS) is 1. The maximum absolute atomic E-state index is 11.3. The van der Waals surface area contributed by atoms with Gasteiger partial charge in [0.1, 0.15) is 0 Å². The number of aromatic nitrogens is 1. The third kappa shape index (κ3) is 3.07. The summed E-state index contributed by atoms with van der Waals surface area (Å²) in [5.41, 5.74) is 1.67. The van der Waals surface area contributed by atoms with Gasteiger partial charge in [-0.25, -0.2) is 0 Å². The highest BCUT2D eigenvalue weighted by Gasteiger charge is 2.18. The van der Waals surface area contributed by atoms with E-state index < -0.39 is 11.9 Å². The Labute approximate surface area is 105 Å². The van der Waals surface area contributed by atoms with Crippen molar-refractivity contribution in [1.82, 2.24) is 4.98 Å². The molecule has 0 aliphatic heterocycles. The van der Waals surface area contributed by atoms with Crippen molar-refractivity contribution in [1.29, 1.82) is 0 Å². The van der Waals surface area contributed by atoms with E-state index in [1.54, 1.807) is 12.4 Å². The van der Waals surface area contributed by atoms with Gasteiger partial charge in [-0.15, -0.1) is 0 Å². The van der Waals surface area contributed by atoms with Gasteiger partial charge in [-0.2, -0.15) is 0 Å². The molecule has 1 aromatic carbocycles. The molecule has 2 N–H and O–H groups in total. The van der Waals surface area contributed by atoms with Crippen LogP contribution in [0.15, 0.2) is 54.9 Å². The van der Waals surface area contributed by atoms with Crippen molar-refractivity contribution in [3.8, 4) is 0 Å². The second-order valence-corrected chi connectivity index (χ2v) is 3.92. The van der Waals surface area contributed by atoms with Crippen molar-refractivity contribution >= 4 is 11.7 Å². The summed E-state index contributed by atoms with van der Waals surface area (Å²) < 4.78 is 0. The summed E-state index contributed by atoms with van der Waals surface area (Å²) in [6.07, 6.45) is 3.33. The molecule has 1 unspecified atom stereocenters. The molecule has 4 heteroatoms. The smallest absolute Gasteiger partial charge is 0.312 e. The molecule has 0 saturated heterocycles. The highest BCUT2D eigenvalue weighted by Crippen LogP contribution is 2.17. The molecule has 0 amide bonds. The third-order valence-corrected chi connectivity index (χ3v) is 2.69. The number of nitrogens with zero attached hydrogens (tertiary/aromatic N) is 1. The van der Waals surface area contributed by atoms with Crippen molar-refractivity contribution < 1.29 is 9.90 Å². The molecule has 1 atom stereocenters. The molecular weight excluding hydrogens is 228 g/mol. The molecule has 0 radical (unpaired) electrons. The molecule has 0 saturated carbocycles. The van der Waals surface area contributed by atoms with Crippen LogP contribution in [0.4, 0.5) is 5.69 Å². The number of nitrogens with one attached hydrogen (secondary N) is 1. The predicted octanol–water partition coefficient (Wildman–Crippen LogP) is 2.36. The maximum atomic E-state index is 11.3. The van der Waals surface area contributed by atoms with Crippen molar-refractivity contribution in [2.24, 2.45) is 0 Å². The number of pyridine rings is 1. The lowest BCUT2D eigenvalue weighted by atomic mass is 9.99. The fourth-order valence-corrected chi connectivity index (χ4v) is 1.72. The van der Waals surface area contributed by atoms with E-state index in [0.29, 0.717) is 6.54 Å². The molecule has 4 nitrogen and oxygen atoms in total. The third-order valence-electron chi connectivity index (χ3n) is 2.69. The summed E-state index contributed by atoms with van der Waals surface area (Å²) in [6, 6.07) is 12.8. The van der Waals surface area contributed by atoms with E-state index in [0.717, 1.165) is 11.3 Å². The molecule has 0 spiro atoms. The van der Waals surface area contributed by atoms with Gasteiger partial charge < -0.3 is 10.4 Å². The van der Waals surface area contributed by atoms with Crippen LogP contribution < -0.4 is 5.32 Å². The predicted molar refractivity (Wildman–Crippen MR) is 69.5 cm³/mol. The summed E-state index contributed by atoms with van der Waals surface area (Å²) in [7, 11) is 0. The largest absolute Gasteiger partial charge is 0.481 e. The molecule has 1 heterocycles. The van der Waals surface area contributed by atoms with Gasteiger partial charge >= 0.3 is 5.97 Å². The number of anilines is 1. The number of aliphatic carboxylic acids is 1. The Morgan fingerprint density at radius 3 is 2.44 bits per heavy atom. The van der Waals surface area contributed by atoms with Crippen LogP contribution in [-0.4, -0.2) is 22.6 Å². The Bertz CT molecular complexity index is 500. The fraction of sp³-hybridized carbons (Fsp3) is 0.143. The maximum Gasteiger partial charge on any atom is 0.312 e. The van der Waals surface area contributed by atoms with Crippen LogP contribution in [0.25, 0.3) is 0 Å². The highest BCUT2D eigenvalue weighted by atomic mass is 16.4. The summed E-state index contributed by atoms with van der Waals surface area (Å²) >= 11 is 0. The van der Waals surface area contributed by atoms with Crippen LogP contribution >= 0.6 is 0 Å². The van der Waals surface area contributed by atoms with Crippen LogP contribution in [0.3, 0.4) is 0 Å². The van der Waals surface area contributed by atoms with E-state index in [-0.39, 0.29) is 0 Å². The quantitative estimate of drug-likeness (QED) is 0.845. The van der Waals surface area contributed by atoms with Gasteiger partial charge in [0, 0.05) is 24.6 Å². The second-order valence-electron chi connectivity index (χ2n) is 3.92. The Kier molecular flexibility index (Phi) is 3.91. The number of hydrogen-bond donors (Lipinski definition) is 2. The van der Waals surface area contributed by atoms with Crippen molar-refractivity contribution in [3.05, 3.63) is 60.4 Å². The average Bonchev–Trinajstić information content (AvgIpc) is 2.41. The molecule has 0 bridgehead atoms. The Hall–Kier alpha value is -2.36. The zero-order chi connectivity index (χ0) is 12.8. The van der Waals surface area contributed by atoms with Crippen LogP contribution in [0.1, 0.15) is 11.5 Å². The highest BCUT2D eigenvalue weighted by molar-refractivity contribution is 5.77. The van der Waals surface area contributed by atoms with E-state index in [1.807, 2.05) is 42.5 Å². The van der Waals surface area contributed by atoms with Crippen molar-refractivity contribution in [3.63, 3.8) is 0 Å². The normalized spacial score (nSPS) is 11.8. The number of hydrogen-bond acceptors (Lipinski definition) is 3. The van der Waals surface area contributed by atoms with E-state index in [9.17, 15) is 9.90 Å². The summed E-state index contributed by atoms with van der Waals surface area (Å²) in [6.45, 7) is 0.351. The number of rotatable bonds is 5. The van der Waals surface area contributed by atoms with Crippen molar-refractivity contribution in [2.75, 3.05) is 11.9 Å². The van der Waals surface area contributed by atoms with Crippen LogP contribution in [0.5, 0.6) is 0 Å². The topological polar surface area (TPSA) is 62.2 Å². The molecule has 2 rings (SSSR count). The summed E-state index contributed by atoms with van der Waals surface area (Å²) in [5.74, 6) is -1.39. The monoisotopic (exact) mass is 242 g/mol. The molecule has 0 aliphatic carbocycles. The van der Waals surface area contributed by atoms with Gasteiger partial charge in [-0.3, -0.25) is 9.78 Å². The Morgan fingerprint density at radius 2 is 1.83 bits per heavy atom. The summed E-state index contributed by atoms with van der Waals surface area (Å²) in [5, 5.41) is 12.4. The van der Waals surface area contributed by atoms with Crippen LogP contribution in [-0.2, 0) is 4.79 Å². The minimum absolute atomic E-state index is 0.351. The first kappa shape index (κ1) is 12.1. The molecule has 0 aliphatic rings. The van der Waals surface area contributed by atoms with E-state index in [1.165, 1.54) is 0 Å². The van der Waals surface area contributed by atoms with Gasteiger partial charge in [0.25, 0.3) is 0 Å². The lowest BCUT2D eigenvalue weighted by molar-refractivity contribution is -0.138. The Balaban J connectivity index is 2.06. The molecule has 0 fully saturated rings. The minimum Gasteiger partial charge on any atom is -0.481 e. The number of carbonyl (C=O) groups is 1. The molecule has 1 aromatic heterocycles. The molecule has 2 aromatic rings.